The van der Waals surface area contributed by atoms with Crippen molar-refractivity contribution in [1.29, 1.82) is 0 Å². The van der Waals surface area contributed by atoms with E-state index in [9.17, 15) is 4.79 Å². The predicted octanol–water partition coefficient (Wildman–Crippen LogP) is 1.65. The molecule has 124 valence electrons. The Morgan fingerprint density at radius 3 is 3.22 bits per heavy atom. The van der Waals surface area contributed by atoms with Gasteiger partial charge in [-0.1, -0.05) is 6.07 Å². The number of amides is 1. The third-order valence-corrected chi connectivity index (χ3v) is 4.85. The Balaban J connectivity index is 1.59. The lowest BCUT2D eigenvalue weighted by molar-refractivity contribution is -0.124. The quantitative estimate of drug-likeness (QED) is 0.836. The van der Waals surface area contributed by atoms with Crippen LogP contribution in [0.25, 0.3) is 0 Å². The lowest BCUT2D eigenvalue weighted by Gasteiger charge is -2.33. The largest absolute Gasteiger partial charge is 0.375 e. The van der Waals surface area contributed by atoms with E-state index >= 15 is 0 Å². The van der Waals surface area contributed by atoms with Crippen LogP contribution in [-0.2, 0) is 22.6 Å². The number of aromatic nitrogens is 2. The van der Waals surface area contributed by atoms with Crippen molar-refractivity contribution in [3.63, 3.8) is 0 Å². The number of nitrogens with one attached hydrogen (secondary N) is 1. The molecule has 3 rings (SSSR count). The summed E-state index contributed by atoms with van der Waals surface area (Å²) in [6.07, 6.45) is 2.73. The minimum Gasteiger partial charge on any atom is -0.375 e. The number of hydrogen-bond acceptors (Lipinski definition) is 5. The first-order valence-corrected chi connectivity index (χ1v) is 8.67. The number of rotatable bonds is 7. The minimum absolute atomic E-state index is 0.0700. The number of thiophene rings is 1. The lowest BCUT2D eigenvalue weighted by Crippen LogP contribution is -2.39. The molecule has 0 radical (unpaired) electrons. The molecule has 2 aromatic rings. The summed E-state index contributed by atoms with van der Waals surface area (Å²) in [6, 6.07) is 6.64. The van der Waals surface area contributed by atoms with E-state index in [1.807, 2.05) is 6.20 Å². The molecule has 0 saturated carbocycles. The maximum Gasteiger partial charge on any atom is 0.245 e. The van der Waals surface area contributed by atoms with Gasteiger partial charge in [0.15, 0.2) is 0 Å². The monoisotopic (exact) mass is 334 g/mol. The van der Waals surface area contributed by atoms with Gasteiger partial charge in [-0.3, -0.25) is 14.4 Å². The van der Waals surface area contributed by atoms with Gasteiger partial charge in [0.05, 0.1) is 11.7 Å². The third kappa shape index (κ3) is 4.19. The van der Waals surface area contributed by atoms with Crippen LogP contribution in [-0.4, -0.2) is 47.4 Å². The molecule has 1 aliphatic heterocycles. The van der Waals surface area contributed by atoms with Gasteiger partial charge in [-0.15, -0.1) is 11.3 Å². The fourth-order valence-electron chi connectivity index (χ4n) is 2.98. The van der Waals surface area contributed by atoms with Crippen LogP contribution in [0.4, 0.5) is 0 Å². The van der Waals surface area contributed by atoms with E-state index < -0.39 is 0 Å². The zero-order chi connectivity index (χ0) is 16.1. The van der Waals surface area contributed by atoms with Gasteiger partial charge in [0.2, 0.25) is 5.91 Å². The molecule has 0 spiro atoms. The third-order valence-electron chi connectivity index (χ3n) is 3.99. The van der Waals surface area contributed by atoms with Gasteiger partial charge in [-0.2, -0.15) is 5.10 Å². The second-order valence-electron chi connectivity index (χ2n) is 5.74. The number of fused-ring (bicyclic) bond motifs is 1. The Kier molecular flexibility index (Phi) is 5.43. The Morgan fingerprint density at radius 2 is 2.43 bits per heavy atom. The normalized spacial score (nSPS) is 17.9. The molecule has 0 saturated heterocycles. The highest BCUT2D eigenvalue weighted by atomic mass is 32.1. The molecule has 1 N–H and O–H groups in total. The Hall–Kier alpha value is -1.70. The van der Waals surface area contributed by atoms with E-state index in [0.717, 1.165) is 26.1 Å². The Labute approximate surface area is 140 Å². The van der Waals surface area contributed by atoms with Crippen LogP contribution < -0.4 is 5.32 Å². The molecule has 0 unspecified atom stereocenters. The number of carbonyl (C=O) groups is 1. The van der Waals surface area contributed by atoms with Crippen molar-refractivity contribution in [1.82, 2.24) is 20.0 Å². The maximum absolute atomic E-state index is 11.5. The highest BCUT2D eigenvalue weighted by molar-refractivity contribution is 7.09. The van der Waals surface area contributed by atoms with E-state index in [-0.39, 0.29) is 18.6 Å². The minimum atomic E-state index is -0.0700. The van der Waals surface area contributed by atoms with E-state index in [0.29, 0.717) is 6.54 Å². The van der Waals surface area contributed by atoms with Crippen LogP contribution in [0.5, 0.6) is 0 Å². The SMILES string of the molecule is COCC(=O)NCC[C@@H]1CN(Cc2cccs2)Cc2ccnn21. The standard InChI is InChI=1S/C16H22N4O2S/c1-22-12-16(21)17-6-4-13-9-19(11-15-3-2-8-23-15)10-14-5-7-18-20(13)14/h2-3,5,7-8,13H,4,6,9-12H2,1H3,(H,17,21)/t13-/m1/s1. The zero-order valence-electron chi connectivity index (χ0n) is 13.3. The highest BCUT2D eigenvalue weighted by Gasteiger charge is 2.25. The highest BCUT2D eigenvalue weighted by Crippen LogP contribution is 2.24. The number of carbonyl (C=O) groups excluding carboxylic acids is 1. The Bertz CT molecular complexity index is 626. The van der Waals surface area contributed by atoms with E-state index in [2.05, 4.69) is 43.6 Å². The van der Waals surface area contributed by atoms with Crippen molar-refractivity contribution in [3.05, 3.63) is 40.3 Å². The molecule has 0 aromatic carbocycles. The van der Waals surface area contributed by atoms with Gasteiger partial charge < -0.3 is 10.1 Å². The van der Waals surface area contributed by atoms with Gasteiger partial charge in [0.1, 0.15) is 6.61 Å². The first kappa shape index (κ1) is 16.2. The summed E-state index contributed by atoms with van der Waals surface area (Å²) in [5.74, 6) is -0.0700. The summed E-state index contributed by atoms with van der Waals surface area (Å²) in [5, 5.41) is 9.47. The fourth-order valence-corrected chi connectivity index (χ4v) is 3.73. The van der Waals surface area contributed by atoms with Crippen molar-refractivity contribution in [2.75, 3.05) is 26.8 Å². The first-order valence-electron chi connectivity index (χ1n) is 7.79. The van der Waals surface area contributed by atoms with Crippen molar-refractivity contribution < 1.29 is 9.53 Å². The van der Waals surface area contributed by atoms with Crippen LogP contribution in [0.15, 0.2) is 29.8 Å². The molecule has 3 heterocycles. The molecule has 1 aliphatic rings. The molecular formula is C16H22N4O2S. The van der Waals surface area contributed by atoms with Crippen molar-refractivity contribution in [2.45, 2.75) is 25.6 Å². The van der Waals surface area contributed by atoms with Gasteiger partial charge in [-0.05, 0) is 23.9 Å². The second kappa shape index (κ2) is 7.72. The average Bonchev–Trinajstić information content (AvgIpc) is 3.18. The smallest absolute Gasteiger partial charge is 0.245 e. The summed E-state index contributed by atoms with van der Waals surface area (Å²) < 4.78 is 6.93. The number of hydrogen-bond donors (Lipinski definition) is 1. The number of ether oxygens (including phenoxy) is 1. The van der Waals surface area contributed by atoms with Crippen LogP contribution in [0.2, 0.25) is 0 Å². The molecule has 7 heteroatoms. The predicted molar refractivity (Wildman–Crippen MR) is 89.2 cm³/mol. The summed E-state index contributed by atoms with van der Waals surface area (Å²) in [6.45, 7) is 3.59. The van der Waals surface area contributed by atoms with Crippen molar-refractivity contribution in [2.24, 2.45) is 0 Å². The number of nitrogens with zero attached hydrogens (tertiary/aromatic N) is 3. The molecule has 23 heavy (non-hydrogen) atoms. The average molecular weight is 334 g/mol. The van der Waals surface area contributed by atoms with Crippen LogP contribution in [0.1, 0.15) is 23.0 Å². The first-order chi connectivity index (χ1) is 11.3. The molecule has 0 fully saturated rings. The molecule has 6 nitrogen and oxygen atoms in total. The summed E-state index contributed by atoms with van der Waals surface area (Å²) >= 11 is 1.79. The van der Waals surface area contributed by atoms with Crippen LogP contribution >= 0.6 is 11.3 Å². The van der Waals surface area contributed by atoms with Crippen molar-refractivity contribution >= 4 is 17.2 Å². The molecule has 1 amide bonds. The summed E-state index contributed by atoms with van der Waals surface area (Å²) in [4.78, 5) is 15.3. The van der Waals surface area contributed by atoms with Crippen molar-refractivity contribution in [3.8, 4) is 0 Å². The Morgan fingerprint density at radius 1 is 1.52 bits per heavy atom. The molecule has 0 bridgehead atoms. The van der Waals surface area contributed by atoms with Gasteiger partial charge >= 0.3 is 0 Å². The van der Waals surface area contributed by atoms with Gasteiger partial charge in [-0.25, -0.2) is 0 Å². The molecular weight excluding hydrogens is 312 g/mol. The fraction of sp³-hybridized carbons (Fsp3) is 0.500. The van der Waals surface area contributed by atoms with Crippen LogP contribution in [0.3, 0.4) is 0 Å². The summed E-state index contributed by atoms with van der Waals surface area (Å²) in [7, 11) is 1.53. The molecule has 0 aliphatic carbocycles. The van der Waals surface area contributed by atoms with E-state index in [1.54, 1.807) is 11.3 Å². The molecule has 1 atom stereocenters. The lowest BCUT2D eigenvalue weighted by atomic mass is 10.1. The van der Waals surface area contributed by atoms with Gasteiger partial charge in [0.25, 0.3) is 0 Å². The molecule has 2 aromatic heterocycles. The number of methoxy groups -OCH3 is 1. The van der Waals surface area contributed by atoms with E-state index in [4.69, 9.17) is 4.74 Å². The van der Waals surface area contributed by atoms with Gasteiger partial charge in [0, 0.05) is 44.4 Å². The second-order valence-corrected chi connectivity index (χ2v) is 6.77. The van der Waals surface area contributed by atoms with E-state index in [1.165, 1.54) is 17.7 Å². The van der Waals surface area contributed by atoms with Crippen LogP contribution in [0, 0.1) is 0 Å². The topological polar surface area (TPSA) is 59.4 Å². The maximum atomic E-state index is 11.5. The summed E-state index contributed by atoms with van der Waals surface area (Å²) in [5.41, 5.74) is 1.24. The zero-order valence-corrected chi connectivity index (χ0v) is 14.1.